The monoisotopic (exact) mass is 242 g/mol. The predicted molar refractivity (Wildman–Crippen MR) is 58.6 cm³/mol. The summed E-state index contributed by atoms with van der Waals surface area (Å²) in [5.74, 6) is 1.21. The van der Waals surface area contributed by atoms with Crippen LogP contribution in [-0.2, 0) is 12.3 Å². The molecule has 0 aromatic carbocycles. The molecule has 2 aromatic rings. The second-order valence-electron chi connectivity index (χ2n) is 2.81. The number of rotatable bonds is 4. The van der Waals surface area contributed by atoms with Crippen LogP contribution in [0.5, 0.6) is 0 Å². The SMILES string of the molecule is Cc1nc(CSc2nnc(CN)o2)cs1. The van der Waals surface area contributed by atoms with E-state index in [-0.39, 0.29) is 6.54 Å². The van der Waals surface area contributed by atoms with Gasteiger partial charge in [-0.1, -0.05) is 11.8 Å². The van der Waals surface area contributed by atoms with Gasteiger partial charge in [-0.3, -0.25) is 0 Å². The first-order valence-corrected chi connectivity index (χ1v) is 6.20. The molecule has 0 bridgehead atoms. The Morgan fingerprint density at radius 2 is 2.40 bits per heavy atom. The molecule has 2 heterocycles. The fraction of sp³-hybridized carbons (Fsp3) is 0.375. The fourth-order valence-electron chi connectivity index (χ4n) is 0.989. The van der Waals surface area contributed by atoms with Crippen molar-refractivity contribution in [1.29, 1.82) is 0 Å². The molecule has 0 aliphatic carbocycles. The number of nitrogens with zero attached hydrogens (tertiary/aromatic N) is 3. The van der Waals surface area contributed by atoms with E-state index in [1.807, 2.05) is 12.3 Å². The van der Waals surface area contributed by atoms with Crippen molar-refractivity contribution in [2.24, 2.45) is 5.73 Å². The van der Waals surface area contributed by atoms with Crippen LogP contribution in [0, 0.1) is 6.92 Å². The van der Waals surface area contributed by atoms with Gasteiger partial charge in [0, 0.05) is 11.1 Å². The lowest BCUT2D eigenvalue weighted by Crippen LogP contribution is -1.95. The third-order valence-corrected chi connectivity index (χ3v) is 3.31. The van der Waals surface area contributed by atoms with Crippen molar-refractivity contribution in [3.8, 4) is 0 Å². The van der Waals surface area contributed by atoms with Gasteiger partial charge in [0.2, 0.25) is 5.89 Å². The Labute approximate surface area is 95.1 Å². The Morgan fingerprint density at radius 3 is 3.00 bits per heavy atom. The predicted octanol–water partition coefficient (Wildman–Crippen LogP) is 1.59. The van der Waals surface area contributed by atoms with E-state index in [0.717, 1.165) is 16.5 Å². The van der Waals surface area contributed by atoms with Gasteiger partial charge in [0.05, 0.1) is 17.2 Å². The number of aryl methyl sites for hydroxylation is 1. The molecule has 2 rings (SSSR count). The standard InChI is InChI=1S/C8H10N4OS2/c1-5-10-6(3-14-5)4-15-8-12-11-7(2-9)13-8/h3H,2,4,9H2,1H3. The molecule has 80 valence electrons. The van der Waals surface area contributed by atoms with Crippen LogP contribution in [-0.4, -0.2) is 15.2 Å². The zero-order valence-electron chi connectivity index (χ0n) is 8.14. The molecular formula is C8H10N4OS2. The quantitative estimate of drug-likeness (QED) is 0.820. The fourth-order valence-corrected chi connectivity index (χ4v) is 2.38. The molecule has 5 nitrogen and oxygen atoms in total. The molecule has 0 saturated heterocycles. The Balaban J connectivity index is 1.93. The summed E-state index contributed by atoms with van der Waals surface area (Å²) in [5, 5.41) is 11.3. The van der Waals surface area contributed by atoms with Crippen LogP contribution in [0.15, 0.2) is 15.0 Å². The minimum absolute atomic E-state index is 0.281. The van der Waals surface area contributed by atoms with Gasteiger partial charge in [-0.2, -0.15) is 0 Å². The maximum Gasteiger partial charge on any atom is 0.277 e. The average Bonchev–Trinajstić information content (AvgIpc) is 2.83. The molecule has 0 radical (unpaired) electrons. The highest BCUT2D eigenvalue weighted by Gasteiger charge is 2.06. The van der Waals surface area contributed by atoms with E-state index in [1.165, 1.54) is 11.8 Å². The van der Waals surface area contributed by atoms with Gasteiger partial charge in [0.25, 0.3) is 5.22 Å². The van der Waals surface area contributed by atoms with Crippen molar-refractivity contribution in [2.45, 2.75) is 24.4 Å². The number of nitrogens with two attached hydrogens (primary N) is 1. The van der Waals surface area contributed by atoms with Crippen molar-refractivity contribution in [1.82, 2.24) is 15.2 Å². The Kier molecular flexibility index (Phi) is 3.34. The van der Waals surface area contributed by atoms with Gasteiger partial charge in [-0.25, -0.2) is 4.98 Å². The molecule has 0 fully saturated rings. The van der Waals surface area contributed by atoms with E-state index in [0.29, 0.717) is 11.1 Å². The highest BCUT2D eigenvalue weighted by Crippen LogP contribution is 2.22. The molecule has 0 unspecified atom stereocenters. The molecule has 0 spiro atoms. The Hall–Kier alpha value is -0.920. The normalized spacial score (nSPS) is 10.8. The van der Waals surface area contributed by atoms with Gasteiger partial charge >= 0.3 is 0 Å². The smallest absolute Gasteiger partial charge is 0.277 e. The van der Waals surface area contributed by atoms with E-state index in [1.54, 1.807) is 11.3 Å². The first-order valence-electron chi connectivity index (χ1n) is 4.34. The largest absolute Gasteiger partial charge is 0.415 e. The second kappa shape index (κ2) is 4.73. The summed E-state index contributed by atoms with van der Waals surface area (Å²) >= 11 is 3.11. The molecule has 2 N–H and O–H groups in total. The van der Waals surface area contributed by atoms with E-state index >= 15 is 0 Å². The van der Waals surface area contributed by atoms with Crippen molar-refractivity contribution < 1.29 is 4.42 Å². The van der Waals surface area contributed by atoms with Crippen LogP contribution in [0.1, 0.15) is 16.6 Å². The third kappa shape index (κ3) is 2.77. The molecule has 2 aromatic heterocycles. The zero-order valence-corrected chi connectivity index (χ0v) is 9.77. The minimum atomic E-state index is 0.281. The molecular weight excluding hydrogens is 232 g/mol. The van der Waals surface area contributed by atoms with Crippen LogP contribution in [0.3, 0.4) is 0 Å². The van der Waals surface area contributed by atoms with Gasteiger partial charge in [0.15, 0.2) is 0 Å². The van der Waals surface area contributed by atoms with Crippen molar-refractivity contribution >= 4 is 23.1 Å². The lowest BCUT2D eigenvalue weighted by molar-refractivity contribution is 0.414. The van der Waals surface area contributed by atoms with Crippen LogP contribution in [0.2, 0.25) is 0 Å². The zero-order chi connectivity index (χ0) is 10.7. The molecule has 0 amide bonds. The van der Waals surface area contributed by atoms with Crippen LogP contribution in [0.4, 0.5) is 0 Å². The van der Waals surface area contributed by atoms with Crippen LogP contribution < -0.4 is 5.73 Å². The first-order chi connectivity index (χ1) is 7.28. The van der Waals surface area contributed by atoms with Crippen molar-refractivity contribution in [3.63, 3.8) is 0 Å². The number of aromatic nitrogens is 3. The number of thiazole rings is 1. The van der Waals surface area contributed by atoms with Crippen LogP contribution in [0.25, 0.3) is 0 Å². The van der Waals surface area contributed by atoms with Gasteiger partial charge in [0.1, 0.15) is 0 Å². The first kappa shape index (κ1) is 10.6. The second-order valence-corrected chi connectivity index (χ2v) is 4.80. The lowest BCUT2D eigenvalue weighted by atomic mass is 10.6. The number of thioether (sulfide) groups is 1. The summed E-state index contributed by atoms with van der Waals surface area (Å²) in [6, 6.07) is 0. The summed E-state index contributed by atoms with van der Waals surface area (Å²) in [6.07, 6.45) is 0. The minimum Gasteiger partial charge on any atom is -0.415 e. The van der Waals surface area contributed by atoms with Crippen LogP contribution >= 0.6 is 23.1 Å². The molecule has 0 aliphatic rings. The molecule has 0 aliphatic heterocycles. The molecule has 7 heteroatoms. The van der Waals surface area contributed by atoms with E-state index in [2.05, 4.69) is 15.2 Å². The molecule has 0 atom stereocenters. The van der Waals surface area contributed by atoms with Crippen molar-refractivity contribution in [3.05, 3.63) is 22.0 Å². The van der Waals surface area contributed by atoms with Crippen molar-refractivity contribution in [2.75, 3.05) is 0 Å². The summed E-state index contributed by atoms with van der Waals surface area (Å²) in [4.78, 5) is 4.34. The Bertz CT molecular complexity index is 439. The highest BCUT2D eigenvalue weighted by molar-refractivity contribution is 7.98. The lowest BCUT2D eigenvalue weighted by Gasteiger charge is -1.91. The van der Waals surface area contributed by atoms with E-state index in [9.17, 15) is 0 Å². The van der Waals surface area contributed by atoms with Gasteiger partial charge in [-0.15, -0.1) is 21.5 Å². The highest BCUT2D eigenvalue weighted by atomic mass is 32.2. The van der Waals surface area contributed by atoms with Gasteiger partial charge < -0.3 is 10.2 Å². The summed E-state index contributed by atoms with van der Waals surface area (Å²) in [6.45, 7) is 2.27. The molecule has 15 heavy (non-hydrogen) atoms. The maximum atomic E-state index is 5.36. The third-order valence-electron chi connectivity index (χ3n) is 1.63. The average molecular weight is 242 g/mol. The Morgan fingerprint density at radius 1 is 1.53 bits per heavy atom. The number of hydrogen-bond donors (Lipinski definition) is 1. The van der Waals surface area contributed by atoms with E-state index in [4.69, 9.17) is 10.2 Å². The maximum absolute atomic E-state index is 5.36. The topological polar surface area (TPSA) is 77.8 Å². The van der Waals surface area contributed by atoms with Gasteiger partial charge in [-0.05, 0) is 6.92 Å². The van der Waals surface area contributed by atoms with E-state index < -0.39 is 0 Å². The number of hydrogen-bond acceptors (Lipinski definition) is 7. The summed E-state index contributed by atoms with van der Waals surface area (Å²) < 4.78 is 5.25. The molecule has 0 saturated carbocycles. The summed E-state index contributed by atoms with van der Waals surface area (Å²) in [5.41, 5.74) is 6.39. The summed E-state index contributed by atoms with van der Waals surface area (Å²) in [7, 11) is 0.